The van der Waals surface area contributed by atoms with Gasteiger partial charge < -0.3 is 31.3 Å². The number of carbonyl (C=O) groups excluding carboxylic acids is 3. The fourth-order valence-electron chi connectivity index (χ4n) is 6.42. The van der Waals surface area contributed by atoms with E-state index in [2.05, 4.69) is 16.0 Å². The number of hydrogen-bond acceptors (Lipinski definition) is 6. The molecule has 0 saturated heterocycles. The van der Waals surface area contributed by atoms with Crippen LogP contribution < -0.4 is 16.0 Å². The number of rotatable bonds is 15. The maximum Gasteiger partial charge on any atom is 0.326 e. The Bertz CT molecular complexity index is 1490. The molecular weight excluding hydrogens is 630 g/mol. The summed E-state index contributed by atoms with van der Waals surface area (Å²) >= 11 is 0. The molecule has 2 aliphatic carbocycles. The molecule has 2 aromatic carbocycles. The van der Waals surface area contributed by atoms with Crippen molar-refractivity contribution in [3.05, 3.63) is 95.6 Å². The topological polar surface area (TPSA) is 199 Å². The van der Waals surface area contributed by atoms with Crippen LogP contribution in [0.5, 0.6) is 0 Å². The summed E-state index contributed by atoms with van der Waals surface area (Å²) in [5, 5.41) is 37.4. The first kappa shape index (κ1) is 36.6. The van der Waals surface area contributed by atoms with Crippen LogP contribution in [-0.4, -0.2) is 69.1 Å². The molecule has 0 spiro atoms. The number of nitrogens with one attached hydrogen (secondary N) is 3. The van der Waals surface area contributed by atoms with Gasteiger partial charge in [0.1, 0.15) is 18.1 Å². The number of carbonyl (C=O) groups is 6. The van der Waals surface area contributed by atoms with Crippen molar-refractivity contribution in [2.24, 2.45) is 23.7 Å². The average Bonchev–Trinajstić information content (AvgIpc) is 3.07. The summed E-state index contributed by atoms with van der Waals surface area (Å²) in [6.07, 6.45) is 6.42. The Kier molecular flexibility index (Phi) is 12.9. The summed E-state index contributed by atoms with van der Waals surface area (Å²) in [7, 11) is 0. The smallest absolute Gasteiger partial charge is 0.326 e. The molecule has 0 aliphatic heterocycles. The second-order valence-corrected chi connectivity index (χ2v) is 12.9. The molecule has 6 N–H and O–H groups in total. The molecular formula is C37H43N3O9. The van der Waals surface area contributed by atoms with Crippen molar-refractivity contribution in [3.63, 3.8) is 0 Å². The van der Waals surface area contributed by atoms with Crippen LogP contribution in [0, 0.1) is 23.7 Å². The summed E-state index contributed by atoms with van der Waals surface area (Å²) in [5.41, 5.74) is 2.13. The zero-order valence-corrected chi connectivity index (χ0v) is 27.3. The Balaban J connectivity index is 1.53. The maximum atomic E-state index is 13.6. The second kappa shape index (κ2) is 17.2. The largest absolute Gasteiger partial charge is 0.480 e. The van der Waals surface area contributed by atoms with Gasteiger partial charge in [-0.2, -0.15) is 0 Å². The Morgan fingerprint density at radius 1 is 0.612 bits per heavy atom. The zero-order chi connectivity index (χ0) is 35.5. The molecule has 2 aromatic rings. The fourth-order valence-corrected chi connectivity index (χ4v) is 6.42. The third-order valence-corrected chi connectivity index (χ3v) is 9.01. The molecule has 12 heteroatoms. The van der Waals surface area contributed by atoms with E-state index in [1.54, 1.807) is 60.7 Å². The first-order valence-corrected chi connectivity index (χ1v) is 16.4. The van der Waals surface area contributed by atoms with Gasteiger partial charge in [-0.1, -0.05) is 85.8 Å². The summed E-state index contributed by atoms with van der Waals surface area (Å²) < 4.78 is 0. The van der Waals surface area contributed by atoms with Gasteiger partial charge >= 0.3 is 17.9 Å². The standard InChI is InChI=1S/C37H43N3O9/c1-22-9-8-14-25(15-22)18-31(37(48)49)40-34(43)28-20-26(32(41)38-29(35(44)45)16-23-10-4-2-5-11-23)19-27(21-28)33(42)39-30(36(46)47)17-24-12-6-3-7-13-24/h2-8,10-15,22,26-31H,9,16-21H2,1H3,(H,38,41)(H,39,42)(H,40,43)(H,44,45)(H,46,47)(H,48,49)/t22?,26-,27+,28?,29?,30?,31?. The number of hydrogen-bond donors (Lipinski definition) is 6. The third-order valence-electron chi connectivity index (χ3n) is 9.01. The molecule has 7 atom stereocenters. The predicted octanol–water partition coefficient (Wildman–Crippen LogP) is 3.13. The third kappa shape index (κ3) is 10.9. The SMILES string of the molecule is CC1C=C(CC(NC(=O)C2C[C@@H](C(=O)NC(Cc3ccccc3)C(=O)O)C[C@@H](C(=O)NC(Cc3ccccc3)C(=O)O)C2)C(=O)O)C=CC1. The van der Waals surface area contributed by atoms with Crippen LogP contribution in [0.3, 0.4) is 0 Å². The van der Waals surface area contributed by atoms with E-state index in [1.807, 2.05) is 25.2 Å². The van der Waals surface area contributed by atoms with Crippen molar-refractivity contribution in [3.8, 4) is 0 Å². The van der Waals surface area contributed by atoms with Gasteiger partial charge in [-0.05, 0) is 48.3 Å². The van der Waals surface area contributed by atoms with Gasteiger partial charge in [0.2, 0.25) is 17.7 Å². The van der Waals surface area contributed by atoms with Crippen LogP contribution in [0.1, 0.15) is 50.2 Å². The number of aliphatic carboxylic acids is 3. The predicted molar refractivity (Wildman–Crippen MR) is 179 cm³/mol. The minimum absolute atomic E-state index is 0.00540. The molecule has 1 saturated carbocycles. The lowest BCUT2D eigenvalue weighted by Crippen LogP contribution is -2.51. The average molecular weight is 674 g/mol. The number of allylic oxidation sites excluding steroid dienone is 3. The van der Waals surface area contributed by atoms with Crippen molar-refractivity contribution in [1.29, 1.82) is 0 Å². The van der Waals surface area contributed by atoms with Gasteiger partial charge in [0.05, 0.1) is 0 Å². The number of amides is 3. The van der Waals surface area contributed by atoms with Gasteiger partial charge in [0.25, 0.3) is 0 Å². The molecule has 3 amide bonds. The van der Waals surface area contributed by atoms with Crippen molar-refractivity contribution >= 4 is 35.6 Å². The highest BCUT2D eigenvalue weighted by Gasteiger charge is 2.41. The Morgan fingerprint density at radius 2 is 0.980 bits per heavy atom. The van der Waals surface area contributed by atoms with Crippen molar-refractivity contribution in [1.82, 2.24) is 16.0 Å². The summed E-state index contributed by atoms with van der Waals surface area (Å²) in [6.45, 7) is 2.00. The molecule has 260 valence electrons. The van der Waals surface area contributed by atoms with Crippen LogP contribution in [0.25, 0.3) is 0 Å². The first-order valence-electron chi connectivity index (χ1n) is 16.4. The van der Waals surface area contributed by atoms with E-state index >= 15 is 0 Å². The Morgan fingerprint density at radius 3 is 1.33 bits per heavy atom. The van der Waals surface area contributed by atoms with E-state index < -0.39 is 71.5 Å². The van der Waals surface area contributed by atoms with E-state index in [9.17, 15) is 44.1 Å². The lowest BCUT2D eigenvalue weighted by atomic mass is 9.73. The van der Waals surface area contributed by atoms with Crippen LogP contribution in [-0.2, 0) is 41.6 Å². The van der Waals surface area contributed by atoms with Crippen molar-refractivity contribution in [2.75, 3.05) is 0 Å². The minimum atomic E-state index is -1.28. The molecule has 0 bridgehead atoms. The molecule has 4 rings (SSSR count). The van der Waals surface area contributed by atoms with Gasteiger partial charge in [-0.25, -0.2) is 14.4 Å². The summed E-state index contributed by atoms with van der Waals surface area (Å²) in [5.74, 6) is -8.48. The van der Waals surface area contributed by atoms with Gasteiger partial charge in [-0.3, -0.25) is 14.4 Å². The number of carboxylic acids is 3. The molecule has 1 fully saturated rings. The minimum Gasteiger partial charge on any atom is -0.480 e. The van der Waals surface area contributed by atoms with Crippen LogP contribution in [0.4, 0.5) is 0 Å². The van der Waals surface area contributed by atoms with Crippen LogP contribution >= 0.6 is 0 Å². The molecule has 2 aliphatic rings. The van der Waals surface area contributed by atoms with Crippen LogP contribution in [0.2, 0.25) is 0 Å². The van der Waals surface area contributed by atoms with E-state index in [4.69, 9.17) is 0 Å². The lowest BCUT2D eigenvalue weighted by Gasteiger charge is -2.34. The molecule has 0 heterocycles. The van der Waals surface area contributed by atoms with Crippen molar-refractivity contribution in [2.45, 2.75) is 70.0 Å². The maximum absolute atomic E-state index is 13.6. The van der Waals surface area contributed by atoms with E-state index in [-0.39, 0.29) is 44.4 Å². The molecule has 0 radical (unpaired) electrons. The van der Waals surface area contributed by atoms with Gasteiger partial charge in [0, 0.05) is 37.0 Å². The highest BCUT2D eigenvalue weighted by atomic mass is 16.4. The summed E-state index contributed by atoms with van der Waals surface area (Å²) in [6, 6.07) is 13.7. The normalized spacial score (nSPS) is 22.0. The van der Waals surface area contributed by atoms with Crippen molar-refractivity contribution < 1.29 is 44.1 Å². The van der Waals surface area contributed by atoms with E-state index in [0.29, 0.717) is 11.1 Å². The highest BCUT2D eigenvalue weighted by Crippen LogP contribution is 2.35. The molecule has 0 aromatic heterocycles. The lowest BCUT2D eigenvalue weighted by molar-refractivity contribution is -0.146. The highest BCUT2D eigenvalue weighted by molar-refractivity contribution is 5.90. The Labute approximate surface area is 284 Å². The number of carboxylic acid groups (broad SMARTS) is 3. The quantitative estimate of drug-likeness (QED) is 0.164. The van der Waals surface area contributed by atoms with Crippen LogP contribution in [0.15, 0.2) is 84.5 Å². The van der Waals surface area contributed by atoms with E-state index in [1.165, 1.54) is 0 Å². The van der Waals surface area contributed by atoms with Gasteiger partial charge in [0.15, 0.2) is 0 Å². The molecule has 12 nitrogen and oxygen atoms in total. The van der Waals surface area contributed by atoms with Gasteiger partial charge in [-0.15, -0.1) is 0 Å². The first-order chi connectivity index (χ1) is 23.4. The Hall–Kier alpha value is -5.26. The molecule has 49 heavy (non-hydrogen) atoms. The molecule has 5 unspecified atom stereocenters. The zero-order valence-electron chi connectivity index (χ0n) is 27.3. The summed E-state index contributed by atoms with van der Waals surface area (Å²) in [4.78, 5) is 77.2. The van der Waals surface area contributed by atoms with E-state index in [0.717, 1.165) is 12.0 Å². The monoisotopic (exact) mass is 673 g/mol. The fraction of sp³-hybridized carbons (Fsp3) is 0.405. The second-order valence-electron chi connectivity index (χ2n) is 12.9. The number of benzene rings is 2.